The van der Waals surface area contributed by atoms with Gasteiger partial charge in [-0.3, -0.25) is 4.68 Å². The van der Waals surface area contributed by atoms with Gasteiger partial charge in [-0.2, -0.15) is 10.4 Å². The van der Waals surface area contributed by atoms with Gasteiger partial charge < -0.3 is 5.11 Å². The van der Waals surface area contributed by atoms with Crippen LogP contribution in [0, 0.1) is 11.3 Å². The van der Waals surface area contributed by atoms with Gasteiger partial charge in [0.2, 0.25) is 0 Å². The van der Waals surface area contributed by atoms with E-state index in [0.29, 0.717) is 11.1 Å². The molecule has 86 valence electrons. The molecule has 1 N–H and O–H groups in total. The average molecular weight is 227 g/mol. The molecule has 17 heavy (non-hydrogen) atoms. The van der Waals surface area contributed by atoms with Gasteiger partial charge >= 0.3 is 0 Å². The summed E-state index contributed by atoms with van der Waals surface area (Å²) in [5.74, 6) is 0. The molecule has 2 rings (SSSR count). The van der Waals surface area contributed by atoms with Crippen molar-refractivity contribution in [3.63, 3.8) is 0 Å². The zero-order valence-corrected chi connectivity index (χ0v) is 9.54. The van der Waals surface area contributed by atoms with Crippen LogP contribution < -0.4 is 0 Å². The Morgan fingerprint density at radius 1 is 1.47 bits per heavy atom. The van der Waals surface area contributed by atoms with Crippen molar-refractivity contribution in [3.8, 4) is 6.07 Å². The molecule has 0 aliphatic carbocycles. The summed E-state index contributed by atoms with van der Waals surface area (Å²) in [5.41, 5.74) is 1.99. The maximum absolute atomic E-state index is 10.2. The van der Waals surface area contributed by atoms with E-state index in [-0.39, 0.29) is 0 Å². The van der Waals surface area contributed by atoms with E-state index < -0.39 is 6.10 Å². The molecule has 0 saturated heterocycles. The summed E-state index contributed by atoms with van der Waals surface area (Å²) >= 11 is 0. The van der Waals surface area contributed by atoms with Gasteiger partial charge in [-0.05, 0) is 24.6 Å². The van der Waals surface area contributed by atoms with Gasteiger partial charge in [-0.25, -0.2) is 0 Å². The normalized spacial score (nSPS) is 12.1. The van der Waals surface area contributed by atoms with E-state index in [0.717, 1.165) is 12.1 Å². The lowest BCUT2D eigenvalue weighted by Gasteiger charge is -2.08. The fourth-order valence-corrected chi connectivity index (χ4v) is 1.66. The number of hydrogen-bond donors (Lipinski definition) is 1. The number of hydrogen-bond acceptors (Lipinski definition) is 3. The van der Waals surface area contributed by atoms with Crippen LogP contribution in [-0.2, 0) is 6.54 Å². The highest BCUT2D eigenvalue weighted by molar-refractivity contribution is 5.36. The Morgan fingerprint density at radius 2 is 2.29 bits per heavy atom. The maximum atomic E-state index is 10.2. The summed E-state index contributed by atoms with van der Waals surface area (Å²) in [4.78, 5) is 0. The maximum Gasteiger partial charge on any atom is 0.107 e. The Kier molecular flexibility index (Phi) is 3.22. The van der Waals surface area contributed by atoms with Crippen molar-refractivity contribution in [2.24, 2.45) is 0 Å². The molecule has 0 aliphatic heterocycles. The van der Waals surface area contributed by atoms with Gasteiger partial charge in [-0.15, -0.1) is 0 Å². The highest BCUT2D eigenvalue weighted by Gasteiger charge is 2.12. The molecule has 1 heterocycles. The molecule has 1 unspecified atom stereocenters. The fraction of sp³-hybridized carbons (Fsp3) is 0.231. The van der Waals surface area contributed by atoms with Crippen molar-refractivity contribution < 1.29 is 5.11 Å². The second-order valence-electron chi connectivity index (χ2n) is 3.77. The first-order valence-electron chi connectivity index (χ1n) is 5.45. The summed E-state index contributed by atoms with van der Waals surface area (Å²) in [7, 11) is 0. The van der Waals surface area contributed by atoms with Crippen molar-refractivity contribution in [2.45, 2.75) is 19.6 Å². The van der Waals surface area contributed by atoms with E-state index in [2.05, 4.69) is 11.2 Å². The van der Waals surface area contributed by atoms with Crippen molar-refractivity contribution >= 4 is 0 Å². The molecular formula is C13H13N3O. The van der Waals surface area contributed by atoms with E-state index in [4.69, 9.17) is 5.26 Å². The molecule has 2 aromatic rings. The minimum atomic E-state index is -0.733. The van der Waals surface area contributed by atoms with Crippen molar-refractivity contribution in [1.29, 1.82) is 5.26 Å². The predicted octanol–water partition coefficient (Wildman–Crippen LogP) is 1.86. The highest BCUT2D eigenvalue weighted by atomic mass is 16.3. The lowest BCUT2D eigenvalue weighted by atomic mass is 10.0. The summed E-state index contributed by atoms with van der Waals surface area (Å²) in [5, 5.41) is 23.1. The molecule has 0 radical (unpaired) electrons. The second kappa shape index (κ2) is 4.81. The lowest BCUT2D eigenvalue weighted by Crippen LogP contribution is -1.99. The van der Waals surface area contributed by atoms with Crippen LogP contribution in [0.4, 0.5) is 0 Å². The number of rotatable bonds is 3. The van der Waals surface area contributed by atoms with Crippen molar-refractivity contribution in [1.82, 2.24) is 9.78 Å². The summed E-state index contributed by atoms with van der Waals surface area (Å²) in [6.45, 7) is 2.75. The lowest BCUT2D eigenvalue weighted by molar-refractivity contribution is 0.220. The molecule has 1 aromatic heterocycles. The molecule has 0 amide bonds. The minimum absolute atomic E-state index is 0.546. The number of aromatic nitrogens is 2. The standard InChI is InChI=1S/C13H13N3O/c1-2-16-9-12(8-15-16)13(17)11-5-3-4-10(6-11)7-14/h3-6,8-9,13,17H,2H2,1H3. The number of aliphatic hydroxyl groups is 1. The molecule has 0 saturated carbocycles. The van der Waals surface area contributed by atoms with Crippen LogP contribution in [-0.4, -0.2) is 14.9 Å². The molecular weight excluding hydrogens is 214 g/mol. The Labute approximate surface area is 99.7 Å². The Hall–Kier alpha value is -2.12. The molecule has 1 atom stereocenters. The van der Waals surface area contributed by atoms with Gasteiger partial charge in [0.25, 0.3) is 0 Å². The van der Waals surface area contributed by atoms with Crippen LogP contribution >= 0.6 is 0 Å². The van der Waals surface area contributed by atoms with E-state index in [1.54, 1.807) is 35.1 Å². The minimum Gasteiger partial charge on any atom is -0.384 e. The number of nitriles is 1. The van der Waals surface area contributed by atoms with E-state index >= 15 is 0 Å². The first-order chi connectivity index (χ1) is 8.24. The van der Waals surface area contributed by atoms with Crippen LogP contribution in [0.15, 0.2) is 36.7 Å². The first kappa shape index (κ1) is 11.4. The number of nitrogens with zero attached hydrogens (tertiary/aromatic N) is 3. The third-order valence-corrected chi connectivity index (χ3v) is 2.62. The van der Waals surface area contributed by atoms with Crippen LogP contribution in [0.5, 0.6) is 0 Å². The summed E-state index contributed by atoms with van der Waals surface area (Å²) < 4.78 is 1.76. The molecule has 0 fully saturated rings. The second-order valence-corrected chi connectivity index (χ2v) is 3.77. The van der Waals surface area contributed by atoms with Gasteiger partial charge in [0.1, 0.15) is 6.10 Å². The zero-order valence-electron chi connectivity index (χ0n) is 9.54. The van der Waals surface area contributed by atoms with Crippen molar-refractivity contribution in [3.05, 3.63) is 53.3 Å². The molecule has 0 spiro atoms. The zero-order chi connectivity index (χ0) is 12.3. The topological polar surface area (TPSA) is 61.8 Å². The molecule has 1 aromatic carbocycles. The van der Waals surface area contributed by atoms with Crippen molar-refractivity contribution in [2.75, 3.05) is 0 Å². The largest absolute Gasteiger partial charge is 0.384 e. The van der Waals surface area contributed by atoms with Crippen LogP contribution in [0.3, 0.4) is 0 Å². The molecule has 4 nitrogen and oxygen atoms in total. The predicted molar refractivity (Wildman–Crippen MR) is 63.1 cm³/mol. The quantitative estimate of drug-likeness (QED) is 0.870. The third kappa shape index (κ3) is 2.35. The third-order valence-electron chi connectivity index (χ3n) is 2.62. The van der Waals surface area contributed by atoms with E-state index in [9.17, 15) is 5.11 Å². The summed E-state index contributed by atoms with van der Waals surface area (Å²) in [6.07, 6.45) is 2.72. The van der Waals surface area contributed by atoms with Gasteiger partial charge in [-0.1, -0.05) is 12.1 Å². The van der Waals surface area contributed by atoms with E-state index in [1.807, 2.05) is 13.1 Å². The Bertz CT molecular complexity index is 554. The van der Waals surface area contributed by atoms with Gasteiger partial charge in [0.05, 0.1) is 17.8 Å². The van der Waals surface area contributed by atoms with Gasteiger partial charge in [0, 0.05) is 18.3 Å². The average Bonchev–Trinajstić information content (AvgIpc) is 2.86. The summed E-state index contributed by atoms with van der Waals surface area (Å²) in [6, 6.07) is 9.03. The number of aryl methyl sites for hydroxylation is 1. The fourth-order valence-electron chi connectivity index (χ4n) is 1.66. The monoisotopic (exact) mass is 227 g/mol. The van der Waals surface area contributed by atoms with Crippen LogP contribution in [0.1, 0.15) is 29.7 Å². The number of benzene rings is 1. The van der Waals surface area contributed by atoms with E-state index in [1.165, 1.54) is 0 Å². The molecule has 0 aliphatic rings. The van der Waals surface area contributed by atoms with Gasteiger partial charge in [0.15, 0.2) is 0 Å². The Balaban J connectivity index is 2.30. The Morgan fingerprint density at radius 3 is 2.94 bits per heavy atom. The smallest absolute Gasteiger partial charge is 0.107 e. The molecule has 4 heteroatoms. The first-order valence-corrected chi connectivity index (χ1v) is 5.45. The SMILES string of the molecule is CCn1cc(C(O)c2cccc(C#N)c2)cn1. The number of aliphatic hydroxyl groups excluding tert-OH is 1. The molecule has 0 bridgehead atoms. The van der Waals surface area contributed by atoms with Crippen LogP contribution in [0.2, 0.25) is 0 Å². The highest BCUT2D eigenvalue weighted by Crippen LogP contribution is 2.21. The van der Waals surface area contributed by atoms with Crippen LogP contribution in [0.25, 0.3) is 0 Å².